The van der Waals surface area contributed by atoms with Crippen LogP contribution in [0.15, 0.2) is 45.7 Å². The second-order valence-corrected chi connectivity index (χ2v) is 6.53. The summed E-state index contributed by atoms with van der Waals surface area (Å²) in [5, 5.41) is 3.37. The summed E-state index contributed by atoms with van der Waals surface area (Å²) in [7, 11) is 0. The molecular weight excluding hydrogens is 358 g/mol. The number of aromatic amines is 2. The Bertz CT molecular complexity index is 883. The van der Waals surface area contributed by atoms with E-state index in [0.29, 0.717) is 6.54 Å². The molecular formula is C17H18BrN3O2. The van der Waals surface area contributed by atoms with E-state index in [1.807, 2.05) is 50.2 Å². The fraction of sp³-hybridized carbons (Fsp3) is 0.235. The summed E-state index contributed by atoms with van der Waals surface area (Å²) < 4.78 is 6.86. The van der Waals surface area contributed by atoms with Gasteiger partial charge in [-0.05, 0) is 50.2 Å². The lowest BCUT2D eigenvalue weighted by Gasteiger charge is -2.15. The smallest absolute Gasteiger partial charge is 0.323 e. The van der Waals surface area contributed by atoms with Gasteiger partial charge in [-0.2, -0.15) is 0 Å². The summed E-state index contributed by atoms with van der Waals surface area (Å²) in [5.74, 6) is 0.867. The van der Waals surface area contributed by atoms with Crippen LogP contribution in [0.3, 0.4) is 0 Å². The summed E-state index contributed by atoms with van der Waals surface area (Å²) in [6.45, 7) is 4.65. The lowest BCUT2D eigenvalue weighted by molar-refractivity contribution is 0.240. The van der Waals surface area contributed by atoms with Crippen molar-refractivity contribution < 1.29 is 4.74 Å². The van der Waals surface area contributed by atoms with E-state index in [1.54, 1.807) is 0 Å². The molecule has 5 nitrogen and oxygen atoms in total. The van der Waals surface area contributed by atoms with Gasteiger partial charge in [0.05, 0.1) is 17.1 Å². The quantitative estimate of drug-likeness (QED) is 0.630. The maximum absolute atomic E-state index is 11.3. The monoisotopic (exact) mass is 375 g/mol. The summed E-state index contributed by atoms with van der Waals surface area (Å²) in [6, 6.07) is 11.7. The van der Waals surface area contributed by atoms with Crippen LogP contribution < -0.4 is 15.7 Å². The Labute approximate surface area is 142 Å². The van der Waals surface area contributed by atoms with Crippen molar-refractivity contribution in [2.45, 2.75) is 26.5 Å². The molecule has 2 aromatic carbocycles. The molecule has 120 valence electrons. The molecule has 23 heavy (non-hydrogen) atoms. The zero-order chi connectivity index (χ0) is 16.4. The average molecular weight is 376 g/mol. The number of ether oxygens (including phenoxy) is 1. The molecule has 0 fully saturated rings. The van der Waals surface area contributed by atoms with Crippen LogP contribution in [0.5, 0.6) is 5.75 Å². The zero-order valence-corrected chi connectivity index (χ0v) is 14.5. The Hall–Kier alpha value is -2.21. The largest absolute Gasteiger partial charge is 0.491 e. The summed E-state index contributed by atoms with van der Waals surface area (Å²) >= 11 is 3.50. The van der Waals surface area contributed by atoms with Crippen molar-refractivity contribution in [1.82, 2.24) is 9.97 Å². The molecule has 3 aromatic rings. The molecule has 1 heterocycles. The third-order valence-corrected chi connectivity index (χ3v) is 3.88. The van der Waals surface area contributed by atoms with Gasteiger partial charge in [0.15, 0.2) is 0 Å². The third-order valence-electron chi connectivity index (χ3n) is 3.38. The van der Waals surface area contributed by atoms with Crippen LogP contribution in [0.25, 0.3) is 11.0 Å². The highest BCUT2D eigenvalue weighted by Gasteiger charge is 2.07. The van der Waals surface area contributed by atoms with Crippen LogP contribution in [-0.2, 0) is 6.54 Å². The van der Waals surface area contributed by atoms with Crippen LogP contribution in [0.2, 0.25) is 0 Å². The minimum absolute atomic E-state index is 0.121. The number of hydrogen-bond acceptors (Lipinski definition) is 3. The Balaban J connectivity index is 1.80. The molecule has 0 bridgehead atoms. The molecule has 0 aliphatic heterocycles. The Morgan fingerprint density at radius 2 is 1.91 bits per heavy atom. The summed E-state index contributed by atoms with van der Waals surface area (Å²) in [5.41, 5.74) is 3.38. The fourth-order valence-corrected chi connectivity index (χ4v) is 2.80. The highest BCUT2D eigenvalue weighted by molar-refractivity contribution is 9.10. The van der Waals surface area contributed by atoms with E-state index >= 15 is 0 Å². The van der Waals surface area contributed by atoms with E-state index in [4.69, 9.17) is 4.74 Å². The van der Waals surface area contributed by atoms with Gasteiger partial charge in [0, 0.05) is 22.3 Å². The minimum atomic E-state index is -0.197. The number of hydrogen-bond donors (Lipinski definition) is 3. The first-order valence-corrected chi connectivity index (χ1v) is 8.21. The van der Waals surface area contributed by atoms with Crippen molar-refractivity contribution in [3.63, 3.8) is 0 Å². The van der Waals surface area contributed by atoms with Crippen molar-refractivity contribution in [1.29, 1.82) is 0 Å². The van der Waals surface area contributed by atoms with E-state index in [1.165, 1.54) is 0 Å². The van der Waals surface area contributed by atoms with E-state index in [0.717, 1.165) is 32.5 Å². The number of fused-ring (bicyclic) bond motifs is 1. The molecule has 1 aromatic heterocycles. The molecule has 0 unspecified atom stereocenters. The molecule has 0 aliphatic rings. The topological polar surface area (TPSA) is 69.9 Å². The average Bonchev–Trinajstić information content (AvgIpc) is 2.86. The van der Waals surface area contributed by atoms with Gasteiger partial charge in [-0.3, -0.25) is 0 Å². The highest BCUT2D eigenvalue weighted by atomic mass is 79.9. The number of H-pyrrole nitrogens is 2. The van der Waals surface area contributed by atoms with Crippen LogP contribution in [0.1, 0.15) is 19.4 Å². The van der Waals surface area contributed by atoms with Gasteiger partial charge in [0.1, 0.15) is 5.75 Å². The van der Waals surface area contributed by atoms with Gasteiger partial charge in [-0.25, -0.2) is 4.79 Å². The predicted molar refractivity (Wildman–Crippen MR) is 96.2 cm³/mol. The molecule has 0 spiro atoms. The Morgan fingerprint density at radius 1 is 1.13 bits per heavy atom. The second-order valence-electron chi connectivity index (χ2n) is 5.61. The number of aromatic nitrogens is 2. The minimum Gasteiger partial charge on any atom is -0.491 e. The van der Waals surface area contributed by atoms with Crippen molar-refractivity contribution in [2.75, 3.05) is 5.32 Å². The molecule has 0 amide bonds. The first-order chi connectivity index (χ1) is 11.0. The van der Waals surface area contributed by atoms with Gasteiger partial charge in [0.2, 0.25) is 0 Å². The molecule has 0 atom stereocenters. The van der Waals surface area contributed by atoms with Gasteiger partial charge in [-0.1, -0.05) is 15.9 Å². The molecule has 6 heteroatoms. The normalized spacial score (nSPS) is 11.1. The first kappa shape index (κ1) is 15.7. The number of rotatable bonds is 5. The second kappa shape index (κ2) is 6.50. The summed E-state index contributed by atoms with van der Waals surface area (Å²) in [6.07, 6.45) is 0.121. The van der Waals surface area contributed by atoms with Crippen molar-refractivity contribution in [3.8, 4) is 5.75 Å². The van der Waals surface area contributed by atoms with E-state index in [-0.39, 0.29) is 11.8 Å². The van der Waals surface area contributed by atoms with Crippen molar-refractivity contribution >= 4 is 32.7 Å². The molecule has 0 saturated carbocycles. The third kappa shape index (κ3) is 3.76. The van der Waals surface area contributed by atoms with Crippen LogP contribution in [-0.4, -0.2) is 16.1 Å². The van der Waals surface area contributed by atoms with E-state index < -0.39 is 0 Å². The molecule has 0 radical (unpaired) electrons. The lowest BCUT2D eigenvalue weighted by Crippen LogP contribution is -2.09. The molecule has 3 N–H and O–H groups in total. The van der Waals surface area contributed by atoms with Crippen LogP contribution in [0.4, 0.5) is 5.69 Å². The van der Waals surface area contributed by atoms with E-state index in [2.05, 4.69) is 31.2 Å². The van der Waals surface area contributed by atoms with E-state index in [9.17, 15) is 4.79 Å². The van der Waals surface area contributed by atoms with Crippen LogP contribution in [0, 0.1) is 0 Å². The zero-order valence-electron chi connectivity index (χ0n) is 12.9. The van der Waals surface area contributed by atoms with Crippen LogP contribution >= 0.6 is 15.9 Å². The van der Waals surface area contributed by atoms with Crippen molar-refractivity contribution in [3.05, 3.63) is 56.9 Å². The first-order valence-electron chi connectivity index (χ1n) is 7.42. The molecule has 0 aliphatic carbocycles. The Kier molecular flexibility index (Phi) is 4.43. The SMILES string of the molecule is CC(C)Oc1ccc(Br)cc1CNc1ccc2[nH]c(=O)[nH]c2c1. The highest BCUT2D eigenvalue weighted by Crippen LogP contribution is 2.25. The lowest BCUT2D eigenvalue weighted by atomic mass is 10.2. The van der Waals surface area contributed by atoms with Gasteiger partial charge < -0.3 is 20.0 Å². The van der Waals surface area contributed by atoms with Crippen molar-refractivity contribution in [2.24, 2.45) is 0 Å². The maximum atomic E-state index is 11.3. The maximum Gasteiger partial charge on any atom is 0.323 e. The van der Waals surface area contributed by atoms with Gasteiger partial charge in [-0.15, -0.1) is 0 Å². The number of nitrogens with one attached hydrogen (secondary N) is 3. The number of benzene rings is 2. The Morgan fingerprint density at radius 3 is 2.70 bits per heavy atom. The van der Waals surface area contributed by atoms with Gasteiger partial charge >= 0.3 is 5.69 Å². The molecule has 0 saturated heterocycles. The number of anilines is 1. The fourth-order valence-electron chi connectivity index (χ4n) is 2.39. The molecule has 3 rings (SSSR count). The summed E-state index contributed by atoms with van der Waals surface area (Å²) in [4.78, 5) is 16.8. The number of imidazole rings is 1. The van der Waals surface area contributed by atoms with Gasteiger partial charge in [0.25, 0.3) is 0 Å². The standard InChI is InChI=1S/C17H18BrN3O2/c1-10(2)23-16-6-3-12(18)7-11(16)9-19-13-4-5-14-15(8-13)21-17(22)20-14/h3-8,10,19H,9H2,1-2H3,(H2,20,21,22). The number of halogens is 1. The predicted octanol–water partition coefficient (Wildman–Crippen LogP) is 4.02.